The first-order valence-electron chi connectivity index (χ1n) is 9.02. The topological polar surface area (TPSA) is 38.1 Å². The van der Waals surface area contributed by atoms with E-state index in [9.17, 15) is 4.79 Å². The lowest BCUT2D eigenvalue weighted by atomic mass is 10.0. The fraction of sp³-hybridized carbons (Fsp3) is 0.500. The fourth-order valence-electron chi connectivity index (χ4n) is 3.31. The molecule has 1 aromatic heterocycles. The lowest BCUT2D eigenvalue weighted by Crippen LogP contribution is -2.36. The van der Waals surface area contributed by atoms with Gasteiger partial charge in [-0.15, -0.1) is 0 Å². The van der Waals surface area contributed by atoms with Crippen LogP contribution in [0.5, 0.6) is 0 Å². The van der Waals surface area contributed by atoms with E-state index >= 15 is 0 Å². The van der Waals surface area contributed by atoms with E-state index in [1.165, 1.54) is 11.3 Å². The lowest BCUT2D eigenvalue weighted by Gasteiger charge is -2.29. The monoisotopic (exact) mass is 357 g/mol. The number of nitrogens with zero attached hydrogens (tertiary/aromatic N) is 3. The van der Waals surface area contributed by atoms with Gasteiger partial charge in [0.1, 0.15) is 0 Å². The Bertz CT molecular complexity index is 766. The van der Waals surface area contributed by atoms with Crippen molar-refractivity contribution >= 4 is 23.4 Å². The first-order valence-corrected chi connectivity index (χ1v) is 10.0. The van der Waals surface area contributed by atoms with E-state index in [2.05, 4.69) is 48.5 Å². The number of para-hydroxylation sites is 1. The number of carbonyl (C=O) groups is 1. The lowest BCUT2D eigenvalue weighted by molar-refractivity contribution is -0.116. The van der Waals surface area contributed by atoms with Gasteiger partial charge in [0.25, 0.3) is 0 Å². The van der Waals surface area contributed by atoms with Crippen molar-refractivity contribution in [3.63, 3.8) is 0 Å². The predicted molar refractivity (Wildman–Crippen MR) is 104 cm³/mol. The van der Waals surface area contributed by atoms with Crippen LogP contribution in [0.3, 0.4) is 0 Å². The molecule has 134 valence electrons. The van der Waals surface area contributed by atoms with Crippen molar-refractivity contribution in [1.29, 1.82) is 0 Å². The average molecular weight is 358 g/mol. The number of aryl methyl sites for hydroxylation is 2. The van der Waals surface area contributed by atoms with Crippen LogP contribution in [0.25, 0.3) is 0 Å². The molecule has 2 aromatic rings. The van der Waals surface area contributed by atoms with Crippen LogP contribution in [0.2, 0.25) is 0 Å². The Hall–Kier alpha value is -1.75. The molecule has 5 heteroatoms. The molecular formula is C20H27N3OS. The van der Waals surface area contributed by atoms with Crippen LogP contribution in [0.1, 0.15) is 37.2 Å². The number of carbonyl (C=O) groups excluding carboxylic acids is 1. The molecule has 0 aliphatic carbocycles. The molecule has 4 nitrogen and oxygen atoms in total. The van der Waals surface area contributed by atoms with Crippen molar-refractivity contribution in [2.45, 2.75) is 52.2 Å². The molecule has 0 fully saturated rings. The summed E-state index contributed by atoms with van der Waals surface area (Å²) in [4.78, 5) is 19.5. The smallest absolute Gasteiger partial charge is 0.237 e. The summed E-state index contributed by atoms with van der Waals surface area (Å²) in [5.74, 6) is 1.16. The molecule has 25 heavy (non-hydrogen) atoms. The first-order chi connectivity index (χ1) is 12.0. The third-order valence-electron chi connectivity index (χ3n) is 4.71. The van der Waals surface area contributed by atoms with Crippen LogP contribution < -0.4 is 4.90 Å². The minimum absolute atomic E-state index is 0.173. The molecule has 0 spiro atoms. The van der Waals surface area contributed by atoms with E-state index in [-0.39, 0.29) is 5.91 Å². The number of hydrogen-bond acceptors (Lipinski definition) is 3. The van der Waals surface area contributed by atoms with Crippen molar-refractivity contribution in [3.05, 3.63) is 41.2 Å². The van der Waals surface area contributed by atoms with E-state index in [0.717, 1.165) is 42.5 Å². The molecule has 0 unspecified atom stereocenters. The molecule has 1 amide bonds. The predicted octanol–water partition coefficient (Wildman–Crippen LogP) is 4.23. The number of thioether (sulfide) groups is 1. The van der Waals surface area contributed by atoms with Crippen LogP contribution in [0.4, 0.5) is 5.69 Å². The number of anilines is 1. The molecule has 0 atom stereocenters. The Morgan fingerprint density at radius 3 is 2.80 bits per heavy atom. The molecule has 0 saturated heterocycles. The SMILES string of the molecule is Cc1nc(SCC(=O)N2CCCc3ccccc32)n(CC(C)C)c1C. The van der Waals surface area contributed by atoms with Crippen LogP contribution >= 0.6 is 11.8 Å². The second-order valence-corrected chi connectivity index (χ2v) is 8.08. The summed E-state index contributed by atoms with van der Waals surface area (Å²) in [5, 5.41) is 0.961. The standard InChI is InChI=1S/C20H27N3OS/c1-14(2)12-23-16(4)15(3)21-20(23)25-13-19(24)22-11-7-9-17-8-5-6-10-18(17)22/h5-6,8,10,14H,7,9,11-13H2,1-4H3. The number of amides is 1. The quantitative estimate of drug-likeness (QED) is 0.752. The second-order valence-electron chi connectivity index (χ2n) is 7.14. The number of aromatic nitrogens is 2. The van der Waals surface area contributed by atoms with E-state index < -0.39 is 0 Å². The van der Waals surface area contributed by atoms with Gasteiger partial charge in [0, 0.05) is 24.5 Å². The highest BCUT2D eigenvalue weighted by Gasteiger charge is 2.23. The van der Waals surface area contributed by atoms with Crippen LogP contribution in [-0.4, -0.2) is 27.8 Å². The van der Waals surface area contributed by atoms with Gasteiger partial charge in [0.05, 0.1) is 11.4 Å². The zero-order valence-corrected chi connectivity index (χ0v) is 16.4. The molecule has 2 heterocycles. The average Bonchev–Trinajstić information content (AvgIpc) is 2.86. The summed E-state index contributed by atoms with van der Waals surface area (Å²) in [6.07, 6.45) is 2.10. The Morgan fingerprint density at radius 1 is 1.28 bits per heavy atom. The van der Waals surface area contributed by atoms with Crippen LogP contribution in [0, 0.1) is 19.8 Å². The Morgan fingerprint density at radius 2 is 2.04 bits per heavy atom. The van der Waals surface area contributed by atoms with Crippen molar-refractivity contribution in [1.82, 2.24) is 9.55 Å². The maximum Gasteiger partial charge on any atom is 0.237 e. The summed E-state index contributed by atoms with van der Waals surface area (Å²) >= 11 is 1.56. The molecule has 1 aliphatic rings. The van der Waals surface area contributed by atoms with E-state index in [1.54, 1.807) is 11.8 Å². The largest absolute Gasteiger partial charge is 0.323 e. The summed E-state index contributed by atoms with van der Waals surface area (Å²) in [6, 6.07) is 8.25. The van der Waals surface area contributed by atoms with Gasteiger partial charge in [0.15, 0.2) is 5.16 Å². The molecule has 0 saturated carbocycles. The zero-order chi connectivity index (χ0) is 18.0. The van der Waals surface area contributed by atoms with E-state index in [4.69, 9.17) is 0 Å². The van der Waals surface area contributed by atoms with Gasteiger partial charge in [-0.1, -0.05) is 43.8 Å². The number of hydrogen-bond donors (Lipinski definition) is 0. The number of fused-ring (bicyclic) bond motifs is 1. The highest BCUT2D eigenvalue weighted by molar-refractivity contribution is 7.99. The van der Waals surface area contributed by atoms with Gasteiger partial charge in [-0.3, -0.25) is 4.79 Å². The number of rotatable bonds is 5. The molecule has 0 bridgehead atoms. The van der Waals surface area contributed by atoms with Crippen LogP contribution in [0.15, 0.2) is 29.4 Å². The fourth-order valence-corrected chi connectivity index (χ4v) is 4.29. The third kappa shape index (κ3) is 3.92. The Labute approximate surface area is 154 Å². The van der Waals surface area contributed by atoms with Crippen molar-refractivity contribution in [2.24, 2.45) is 5.92 Å². The van der Waals surface area contributed by atoms with Gasteiger partial charge in [-0.05, 0) is 44.2 Å². The Kier molecular flexibility index (Phi) is 5.52. The minimum Gasteiger partial charge on any atom is -0.323 e. The van der Waals surface area contributed by atoms with Gasteiger partial charge >= 0.3 is 0 Å². The molecular weight excluding hydrogens is 330 g/mol. The number of imidazole rings is 1. The summed E-state index contributed by atoms with van der Waals surface area (Å²) in [7, 11) is 0. The van der Waals surface area contributed by atoms with E-state index in [1.807, 2.05) is 17.9 Å². The van der Waals surface area contributed by atoms with E-state index in [0.29, 0.717) is 11.7 Å². The molecule has 3 rings (SSSR count). The first kappa shape index (κ1) is 18.1. The van der Waals surface area contributed by atoms with Gasteiger partial charge in [-0.25, -0.2) is 4.98 Å². The summed E-state index contributed by atoms with van der Waals surface area (Å²) < 4.78 is 2.25. The van der Waals surface area contributed by atoms with Crippen molar-refractivity contribution < 1.29 is 4.79 Å². The highest BCUT2D eigenvalue weighted by Crippen LogP contribution is 2.28. The summed E-state index contributed by atoms with van der Waals surface area (Å²) in [5.41, 5.74) is 4.61. The van der Waals surface area contributed by atoms with Crippen molar-refractivity contribution in [3.8, 4) is 0 Å². The normalized spacial score (nSPS) is 14.0. The minimum atomic E-state index is 0.173. The zero-order valence-electron chi connectivity index (χ0n) is 15.6. The van der Waals surface area contributed by atoms with Gasteiger partial charge < -0.3 is 9.47 Å². The molecule has 0 radical (unpaired) electrons. The summed E-state index contributed by atoms with van der Waals surface area (Å²) in [6.45, 7) is 10.3. The molecule has 1 aromatic carbocycles. The third-order valence-corrected chi connectivity index (χ3v) is 5.67. The second kappa shape index (κ2) is 7.65. The Balaban J connectivity index is 1.73. The molecule has 1 aliphatic heterocycles. The maximum atomic E-state index is 12.8. The van der Waals surface area contributed by atoms with Crippen LogP contribution in [-0.2, 0) is 17.8 Å². The number of benzene rings is 1. The van der Waals surface area contributed by atoms with Gasteiger partial charge in [-0.2, -0.15) is 0 Å². The van der Waals surface area contributed by atoms with Crippen molar-refractivity contribution in [2.75, 3.05) is 17.2 Å². The highest BCUT2D eigenvalue weighted by atomic mass is 32.2. The maximum absolute atomic E-state index is 12.8. The molecule has 0 N–H and O–H groups in total. The van der Waals surface area contributed by atoms with Gasteiger partial charge in [0.2, 0.25) is 5.91 Å².